The average molecular weight is 795 g/mol. The Morgan fingerprint density at radius 3 is 1.06 bits per heavy atom. The molecule has 0 saturated heterocycles. The summed E-state index contributed by atoms with van der Waals surface area (Å²) in [6.07, 6.45) is 19.5. The molecule has 0 bridgehead atoms. The summed E-state index contributed by atoms with van der Waals surface area (Å²) >= 11 is 0. The first-order valence-corrected chi connectivity index (χ1v) is 21.7. The van der Waals surface area contributed by atoms with Crippen molar-refractivity contribution >= 4 is 72.7 Å². The first-order chi connectivity index (χ1) is 30.8. The standard InChI is InChI=1S/C56H38N6/c57-33-43-44(34-58)54(60-47-27-11-3-19-37(47)38-20-4-12-28-48(38)60)56(62-51-31-15-7-23-41(51)42-24-8-16-32-52(42)62)55(61-49-29-13-5-21-39(49)40-22-6-14-30-50(40)61)53(43)59-45-25-9-1-17-35(45)36-18-2-10-26-46(36)59/h1-5,9-21,25-32H,6-8,22-24H2. The van der Waals surface area contributed by atoms with Crippen molar-refractivity contribution in [3.8, 4) is 34.9 Å². The molecule has 13 rings (SSSR count). The highest BCUT2D eigenvalue weighted by atomic mass is 15.2. The average Bonchev–Trinajstić information content (AvgIpc) is 4.06. The summed E-state index contributed by atoms with van der Waals surface area (Å²) < 4.78 is 9.47. The molecule has 0 amide bonds. The van der Waals surface area contributed by atoms with Crippen molar-refractivity contribution in [2.45, 2.75) is 38.5 Å². The van der Waals surface area contributed by atoms with E-state index in [-0.39, 0.29) is 0 Å². The van der Waals surface area contributed by atoms with Crippen LogP contribution in [0.1, 0.15) is 64.2 Å². The highest BCUT2D eigenvalue weighted by molar-refractivity contribution is 6.12. The highest BCUT2D eigenvalue weighted by Gasteiger charge is 2.36. The first kappa shape index (κ1) is 34.8. The van der Waals surface area contributed by atoms with Gasteiger partial charge in [-0.1, -0.05) is 109 Å². The molecule has 0 unspecified atom stereocenters. The number of fused-ring (bicyclic) bond motifs is 12. The van der Waals surface area contributed by atoms with Gasteiger partial charge in [0.1, 0.15) is 12.1 Å². The number of allylic oxidation sites excluding steroid dienone is 3. The fourth-order valence-corrected chi connectivity index (χ4v) is 11.2. The second-order valence-electron chi connectivity index (χ2n) is 16.7. The molecule has 6 heteroatoms. The quantitative estimate of drug-likeness (QED) is 0.178. The fraction of sp³-hybridized carbons (Fsp3) is 0.107. The smallest absolute Gasteiger partial charge is 0.103 e. The lowest BCUT2D eigenvalue weighted by molar-refractivity contribution is 0.916. The summed E-state index contributed by atoms with van der Waals surface area (Å²) in [5.74, 6) is 0. The minimum absolute atomic E-state index is 0.335. The predicted octanol–water partition coefficient (Wildman–Crippen LogP) is 13.2. The molecule has 6 nitrogen and oxygen atoms in total. The summed E-state index contributed by atoms with van der Waals surface area (Å²) in [7, 11) is 0. The van der Waals surface area contributed by atoms with Gasteiger partial charge in [0, 0.05) is 44.0 Å². The lowest BCUT2D eigenvalue weighted by Gasteiger charge is -2.29. The molecule has 0 spiro atoms. The summed E-state index contributed by atoms with van der Waals surface area (Å²) in [6, 6.07) is 48.1. The number of hydrogen-bond acceptors (Lipinski definition) is 2. The molecule has 4 aromatic heterocycles. The van der Waals surface area contributed by atoms with E-state index in [0.29, 0.717) is 22.5 Å². The molecule has 3 aliphatic rings. The van der Waals surface area contributed by atoms with Gasteiger partial charge in [0.2, 0.25) is 0 Å². The molecule has 4 heterocycles. The van der Waals surface area contributed by atoms with E-state index in [4.69, 9.17) is 0 Å². The van der Waals surface area contributed by atoms with Gasteiger partial charge >= 0.3 is 0 Å². The Balaban J connectivity index is 1.38. The van der Waals surface area contributed by atoms with Crippen molar-refractivity contribution in [2.24, 2.45) is 0 Å². The number of nitriles is 2. The summed E-state index contributed by atoms with van der Waals surface area (Å²) in [4.78, 5) is 0. The molecule has 0 atom stereocenters. The normalized spacial score (nSPS) is 14.2. The Hall–Kier alpha value is -8.06. The van der Waals surface area contributed by atoms with E-state index in [0.717, 1.165) is 116 Å². The highest BCUT2D eigenvalue weighted by Crippen LogP contribution is 2.49. The number of hydrogen-bond donors (Lipinski definition) is 0. The summed E-state index contributed by atoms with van der Waals surface area (Å²) in [5, 5.41) is 29.4. The number of benzene rings is 6. The van der Waals surface area contributed by atoms with Crippen molar-refractivity contribution < 1.29 is 0 Å². The van der Waals surface area contributed by atoms with E-state index in [9.17, 15) is 10.5 Å². The molecule has 0 radical (unpaired) electrons. The van der Waals surface area contributed by atoms with Crippen LogP contribution in [-0.2, 0) is 19.3 Å². The number of aryl methyl sites for hydroxylation is 1. The van der Waals surface area contributed by atoms with Crippen LogP contribution >= 0.6 is 0 Å². The van der Waals surface area contributed by atoms with Crippen LogP contribution in [-0.4, -0.2) is 18.3 Å². The Morgan fingerprint density at radius 2 is 0.661 bits per heavy atom. The first-order valence-electron chi connectivity index (χ1n) is 21.7. The number of para-hydroxylation sites is 5. The third-order valence-electron chi connectivity index (χ3n) is 13.7. The zero-order valence-corrected chi connectivity index (χ0v) is 33.9. The lowest BCUT2D eigenvalue weighted by atomic mass is 9.94. The van der Waals surface area contributed by atoms with Crippen LogP contribution in [0.2, 0.25) is 0 Å². The Labute approximate surface area is 358 Å². The maximum atomic E-state index is 11.9. The monoisotopic (exact) mass is 794 g/mol. The van der Waals surface area contributed by atoms with Crippen LogP contribution in [0.25, 0.3) is 95.5 Å². The van der Waals surface area contributed by atoms with Crippen LogP contribution in [0.4, 0.5) is 0 Å². The molecule has 62 heavy (non-hydrogen) atoms. The van der Waals surface area contributed by atoms with Crippen molar-refractivity contribution in [3.63, 3.8) is 0 Å². The molecule has 0 saturated carbocycles. The van der Waals surface area contributed by atoms with Crippen LogP contribution in [0.5, 0.6) is 0 Å². The van der Waals surface area contributed by atoms with Gasteiger partial charge in [0.25, 0.3) is 0 Å². The van der Waals surface area contributed by atoms with Crippen LogP contribution in [0.3, 0.4) is 0 Å². The molecule has 6 aromatic carbocycles. The Morgan fingerprint density at radius 1 is 0.339 bits per heavy atom. The summed E-state index contributed by atoms with van der Waals surface area (Å²) in [5.41, 5.74) is 16.2. The predicted molar refractivity (Wildman–Crippen MR) is 253 cm³/mol. The second-order valence-corrected chi connectivity index (χ2v) is 16.7. The van der Waals surface area contributed by atoms with Crippen molar-refractivity contribution in [1.29, 1.82) is 10.5 Å². The fourth-order valence-electron chi connectivity index (χ4n) is 11.2. The van der Waals surface area contributed by atoms with Gasteiger partial charge < -0.3 is 18.3 Å². The van der Waals surface area contributed by atoms with Gasteiger partial charge in [-0.2, -0.15) is 10.5 Å². The largest absolute Gasteiger partial charge is 0.306 e. The molecular weight excluding hydrogens is 757 g/mol. The maximum Gasteiger partial charge on any atom is 0.103 e. The van der Waals surface area contributed by atoms with Crippen molar-refractivity contribution in [2.75, 3.05) is 0 Å². The lowest BCUT2D eigenvalue weighted by Crippen LogP contribution is -2.19. The molecule has 0 fully saturated rings. The van der Waals surface area contributed by atoms with Gasteiger partial charge in [-0.15, -0.1) is 0 Å². The Bertz CT molecular complexity index is 3630. The maximum absolute atomic E-state index is 11.9. The van der Waals surface area contributed by atoms with Gasteiger partial charge in [-0.3, -0.25) is 0 Å². The number of nitrogens with zero attached hydrogens (tertiary/aromatic N) is 6. The van der Waals surface area contributed by atoms with Gasteiger partial charge in [-0.05, 0) is 104 Å². The van der Waals surface area contributed by atoms with Crippen LogP contribution in [0, 0.1) is 22.7 Å². The molecule has 3 aliphatic carbocycles. The molecule has 292 valence electrons. The molecule has 10 aromatic rings. The zero-order valence-electron chi connectivity index (χ0n) is 33.9. The minimum Gasteiger partial charge on any atom is -0.306 e. The van der Waals surface area contributed by atoms with E-state index < -0.39 is 0 Å². The van der Waals surface area contributed by atoms with Crippen molar-refractivity contribution in [3.05, 3.63) is 184 Å². The van der Waals surface area contributed by atoms with Gasteiger partial charge in [0.05, 0.1) is 61.5 Å². The van der Waals surface area contributed by atoms with Gasteiger partial charge in [-0.25, -0.2) is 0 Å². The third-order valence-corrected chi connectivity index (χ3v) is 13.7. The molecular formula is C56H38N6. The SMILES string of the molecule is N#Cc1c(C#N)c(-n2c3ccccc3c3ccccc32)c(-n2c3c(c4ccccc42)CCC=C3)c(-n2c3c(c4c2C=CCC4)CCC=C3)c1-n1c2ccccc2c2ccccc21. The summed E-state index contributed by atoms with van der Waals surface area (Å²) in [6.45, 7) is 0. The number of aromatic nitrogens is 4. The second kappa shape index (κ2) is 13.2. The Kier molecular flexibility index (Phi) is 7.41. The van der Waals surface area contributed by atoms with E-state index in [1.165, 1.54) is 22.1 Å². The van der Waals surface area contributed by atoms with Crippen LogP contribution < -0.4 is 0 Å². The zero-order chi connectivity index (χ0) is 41.1. The van der Waals surface area contributed by atoms with Crippen molar-refractivity contribution in [1.82, 2.24) is 18.3 Å². The van der Waals surface area contributed by atoms with Gasteiger partial charge in [0.15, 0.2) is 0 Å². The van der Waals surface area contributed by atoms with E-state index in [2.05, 4.69) is 188 Å². The third kappa shape index (κ3) is 4.56. The minimum atomic E-state index is 0.335. The van der Waals surface area contributed by atoms with E-state index >= 15 is 0 Å². The van der Waals surface area contributed by atoms with E-state index in [1.807, 2.05) is 0 Å². The van der Waals surface area contributed by atoms with E-state index in [1.54, 1.807) is 0 Å². The molecule has 0 aliphatic heterocycles. The van der Waals surface area contributed by atoms with Crippen LogP contribution in [0.15, 0.2) is 140 Å². The number of rotatable bonds is 4. The topological polar surface area (TPSA) is 67.3 Å². The molecule has 0 N–H and O–H groups in total.